The van der Waals surface area contributed by atoms with Gasteiger partial charge in [0.15, 0.2) is 6.61 Å². The molecule has 0 aliphatic carbocycles. The molecular formula is C22H26N2O5. The summed E-state index contributed by atoms with van der Waals surface area (Å²) >= 11 is 0. The van der Waals surface area contributed by atoms with Gasteiger partial charge < -0.3 is 20.1 Å². The summed E-state index contributed by atoms with van der Waals surface area (Å²) in [7, 11) is 0. The van der Waals surface area contributed by atoms with Gasteiger partial charge in [-0.2, -0.15) is 0 Å². The maximum Gasteiger partial charge on any atom is 0.340 e. The molecule has 2 N–H and O–H groups in total. The lowest BCUT2D eigenvalue weighted by Gasteiger charge is -2.11. The molecule has 0 aliphatic heterocycles. The SMILES string of the molecule is CC(C)OCCCNC(=O)COC(=O)c1ccccc1NC(=O)c1ccccc1. The van der Waals surface area contributed by atoms with Crippen molar-refractivity contribution in [3.05, 3.63) is 65.7 Å². The number of para-hydroxylation sites is 1. The fourth-order valence-corrected chi connectivity index (χ4v) is 2.43. The van der Waals surface area contributed by atoms with Crippen LogP contribution in [0, 0.1) is 0 Å². The lowest BCUT2D eigenvalue weighted by Crippen LogP contribution is -2.30. The molecule has 29 heavy (non-hydrogen) atoms. The summed E-state index contributed by atoms with van der Waals surface area (Å²) in [6.07, 6.45) is 0.820. The summed E-state index contributed by atoms with van der Waals surface area (Å²) in [6.45, 7) is 4.47. The van der Waals surface area contributed by atoms with E-state index < -0.39 is 18.5 Å². The van der Waals surface area contributed by atoms with Gasteiger partial charge in [0.2, 0.25) is 0 Å². The molecule has 2 rings (SSSR count). The number of hydrogen-bond acceptors (Lipinski definition) is 5. The predicted molar refractivity (Wildman–Crippen MR) is 110 cm³/mol. The molecule has 7 nitrogen and oxygen atoms in total. The molecule has 7 heteroatoms. The van der Waals surface area contributed by atoms with Crippen LogP contribution in [0.2, 0.25) is 0 Å². The highest BCUT2D eigenvalue weighted by molar-refractivity contribution is 6.08. The summed E-state index contributed by atoms with van der Waals surface area (Å²) in [5, 5.41) is 5.36. The Hall–Kier alpha value is -3.19. The molecule has 0 saturated carbocycles. The Morgan fingerprint density at radius 3 is 2.38 bits per heavy atom. The molecule has 0 aliphatic rings. The second-order valence-electron chi connectivity index (χ2n) is 6.56. The van der Waals surface area contributed by atoms with E-state index in [-0.39, 0.29) is 17.6 Å². The molecule has 0 aromatic heterocycles. The maximum absolute atomic E-state index is 12.4. The number of rotatable bonds is 10. The van der Waals surface area contributed by atoms with E-state index in [0.29, 0.717) is 30.8 Å². The Labute approximate surface area is 170 Å². The Bertz CT molecular complexity index is 821. The second-order valence-corrected chi connectivity index (χ2v) is 6.56. The molecule has 0 radical (unpaired) electrons. The number of hydrogen-bond donors (Lipinski definition) is 2. The molecule has 2 aromatic rings. The largest absolute Gasteiger partial charge is 0.452 e. The number of esters is 1. The lowest BCUT2D eigenvalue weighted by molar-refractivity contribution is -0.124. The lowest BCUT2D eigenvalue weighted by atomic mass is 10.1. The first-order valence-corrected chi connectivity index (χ1v) is 9.48. The van der Waals surface area contributed by atoms with Crippen LogP contribution in [0.1, 0.15) is 41.0 Å². The third-order valence-corrected chi connectivity index (χ3v) is 3.86. The molecule has 2 aromatic carbocycles. The zero-order chi connectivity index (χ0) is 21.1. The summed E-state index contributed by atoms with van der Waals surface area (Å²) in [6, 6.07) is 15.2. The monoisotopic (exact) mass is 398 g/mol. The van der Waals surface area contributed by atoms with Crippen LogP contribution in [-0.2, 0) is 14.3 Å². The van der Waals surface area contributed by atoms with Crippen LogP contribution < -0.4 is 10.6 Å². The van der Waals surface area contributed by atoms with Crippen molar-refractivity contribution in [2.24, 2.45) is 0 Å². The van der Waals surface area contributed by atoms with E-state index in [1.165, 1.54) is 6.07 Å². The van der Waals surface area contributed by atoms with Crippen LogP contribution in [0.4, 0.5) is 5.69 Å². The van der Waals surface area contributed by atoms with E-state index in [1.807, 2.05) is 19.9 Å². The van der Waals surface area contributed by atoms with Crippen LogP contribution in [0.5, 0.6) is 0 Å². The van der Waals surface area contributed by atoms with E-state index in [9.17, 15) is 14.4 Å². The van der Waals surface area contributed by atoms with E-state index in [1.54, 1.807) is 42.5 Å². The van der Waals surface area contributed by atoms with Gasteiger partial charge in [0, 0.05) is 18.7 Å². The van der Waals surface area contributed by atoms with E-state index in [0.717, 1.165) is 0 Å². The molecule has 0 unspecified atom stereocenters. The van der Waals surface area contributed by atoms with Gasteiger partial charge in [0.05, 0.1) is 17.4 Å². The quantitative estimate of drug-likeness (QED) is 0.474. The summed E-state index contributed by atoms with van der Waals surface area (Å²) in [5.74, 6) is -1.42. The highest BCUT2D eigenvalue weighted by atomic mass is 16.5. The first-order chi connectivity index (χ1) is 14.0. The third kappa shape index (κ3) is 7.75. The Kier molecular flexibility index (Phi) is 8.85. The smallest absolute Gasteiger partial charge is 0.340 e. The van der Waals surface area contributed by atoms with Crippen molar-refractivity contribution >= 4 is 23.5 Å². The minimum Gasteiger partial charge on any atom is -0.452 e. The van der Waals surface area contributed by atoms with E-state index in [4.69, 9.17) is 9.47 Å². The van der Waals surface area contributed by atoms with Gasteiger partial charge in [0.1, 0.15) is 0 Å². The zero-order valence-electron chi connectivity index (χ0n) is 16.6. The van der Waals surface area contributed by atoms with Crippen LogP contribution in [0.3, 0.4) is 0 Å². The van der Waals surface area contributed by atoms with Gasteiger partial charge >= 0.3 is 5.97 Å². The molecule has 2 amide bonds. The van der Waals surface area contributed by atoms with Crippen molar-refractivity contribution < 1.29 is 23.9 Å². The second kappa shape index (κ2) is 11.6. The summed E-state index contributed by atoms with van der Waals surface area (Å²) < 4.78 is 10.5. The van der Waals surface area contributed by atoms with Gasteiger partial charge in [-0.1, -0.05) is 30.3 Å². The highest BCUT2D eigenvalue weighted by Gasteiger charge is 2.16. The van der Waals surface area contributed by atoms with Crippen molar-refractivity contribution in [1.82, 2.24) is 5.32 Å². The molecular weight excluding hydrogens is 372 g/mol. The average molecular weight is 398 g/mol. The Morgan fingerprint density at radius 2 is 1.66 bits per heavy atom. The number of amides is 2. The van der Waals surface area contributed by atoms with Crippen molar-refractivity contribution in [2.75, 3.05) is 25.1 Å². The molecule has 0 saturated heterocycles. The summed E-state index contributed by atoms with van der Waals surface area (Å²) in [4.78, 5) is 36.5. The first-order valence-electron chi connectivity index (χ1n) is 9.48. The number of anilines is 1. The van der Waals surface area contributed by atoms with Gasteiger partial charge in [-0.25, -0.2) is 4.79 Å². The molecule has 0 bridgehead atoms. The van der Waals surface area contributed by atoms with Crippen molar-refractivity contribution in [3.8, 4) is 0 Å². The number of carbonyl (C=O) groups excluding carboxylic acids is 3. The van der Waals surface area contributed by atoms with Crippen LogP contribution in [-0.4, -0.2) is 43.6 Å². The number of ether oxygens (including phenoxy) is 2. The predicted octanol–water partition coefficient (Wildman–Crippen LogP) is 3.03. The molecule has 0 atom stereocenters. The molecule has 0 spiro atoms. The highest BCUT2D eigenvalue weighted by Crippen LogP contribution is 2.17. The number of nitrogens with one attached hydrogen (secondary N) is 2. The molecule has 154 valence electrons. The van der Waals surface area contributed by atoms with Crippen LogP contribution in [0.15, 0.2) is 54.6 Å². The first kappa shape index (κ1) is 22.1. The third-order valence-electron chi connectivity index (χ3n) is 3.86. The number of benzene rings is 2. The zero-order valence-corrected chi connectivity index (χ0v) is 16.6. The molecule has 0 heterocycles. The Morgan fingerprint density at radius 1 is 0.966 bits per heavy atom. The maximum atomic E-state index is 12.4. The molecule has 0 fully saturated rings. The minimum atomic E-state index is -0.688. The van der Waals surface area contributed by atoms with Gasteiger partial charge in [-0.05, 0) is 44.5 Å². The Balaban J connectivity index is 1.85. The fraction of sp³-hybridized carbons (Fsp3) is 0.318. The fourth-order valence-electron chi connectivity index (χ4n) is 2.43. The standard InChI is InChI=1S/C22H26N2O5/c1-16(2)28-14-8-13-23-20(25)15-29-22(27)18-11-6-7-12-19(18)24-21(26)17-9-4-3-5-10-17/h3-7,9-12,16H,8,13-15H2,1-2H3,(H,23,25)(H,24,26). The van der Waals surface area contributed by atoms with Crippen molar-refractivity contribution in [3.63, 3.8) is 0 Å². The summed E-state index contributed by atoms with van der Waals surface area (Å²) in [5.41, 5.74) is 0.962. The van der Waals surface area contributed by atoms with E-state index in [2.05, 4.69) is 10.6 Å². The van der Waals surface area contributed by atoms with Crippen molar-refractivity contribution in [1.29, 1.82) is 0 Å². The average Bonchev–Trinajstić information content (AvgIpc) is 2.72. The van der Waals surface area contributed by atoms with E-state index >= 15 is 0 Å². The number of carbonyl (C=O) groups is 3. The van der Waals surface area contributed by atoms with Crippen LogP contribution >= 0.6 is 0 Å². The van der Waals surface area contributed by atoms with Crippen LogP contribution in [0.25, 0.3) is 0 Å². The van der Waals surface area contributed by atoms with Crippen molar-refractivity contribution in [2.45, 2.75) is 26.4 Å². The van der Waals surface area contributed by atoms with Gasteiger partial charge in [-0.3, -0.25) is 9.59 Å². The van der Waals surface area contributed by atoms with Gasteiger partial charge in [-0.15, -0.1) is 0 Å². The topological polar surface area (TPSA) is 93.7 Å². The minimum absolute atomic E-state index is 0.147. The normalized spacial score (nSPS) is 10.4. The van der Waals surface area contributed by atoms with Gasteiger partial charge in [0.25, 0.3) is 11.8 Å².